The normalized spacial score (nSPS) is 16.6. The maximum atomic E-state index is 4.31. The van der Waals surface area contributed by atoms with Gasteiger partial charge in [0.1, 0.15) is 0 Å². The molecule has 0 unspecified atom stereocenters. The fraction of sp³-hybridized carbons (Fsp3) is 0.600. The van der Waals surface area contributed by atoms with Gasteiger partial charge in [0.2, 0.25) is 0 Å². The first-order chi connectivity index (χ1) is 9.20. The molecule has 0 atom stereocenters. The van der Waals surface area contributed by atoms with Crippen LogP contribution in [0.1, 0.15) is 32.4 Å². The smallest absolute Gasteiger partial charge is 0.151 e. The number of aromatic nitrogens is 2. The molecule has 2 rings (SSSR count). The highest BCUT2D eigenvalue weighted by Gasteiger charge is 2.17. The molecule has 1 aromatic rings. The summed E-state index contributed by atoms with van der Waals surface area (Å²) in [4.78, 5) is 4.85. The summed E-state index contributed by atoms with van der Waals surface area (Å²) >= 11 is 0. The summed E-state index contributed by atoms with van der Waals surface area (Å²) in [5.74, 6) is 0.986. The van der Waals surface area contributed by atoms with E-state index in [1.54, 1.807) is 0 Å². The number of hydrogen-bond donors (Lipinski definition) is 0. The molecule has 19 heavy (non-hydrogen) atoms. The quantitative estimate of drug-likeness (QED) is 0.814. The Balaban J connectivity index is 1.88. The first kappa shape index (κ1) is 14.0. The fourth-order valence-electron chi connectivity index (χ4n) is 2.30. The van der Waals surface area contributed by atoms with Crippen LogP contribution in [0, 0.1) is 0 Å². The summed E-state index contributed by atoms with van der Waals surface area (Å²) in [5.41, 5.74) is 1.84. The second kappa shape index (κ2) is 6.66. The Morgan fingerprint density at radius 3 is 2.47 bits per heavy atom. The Morgan fingerprint density at radius 2 is 1.95 bits per heavy atom. The second-order valence-corrected chi connectivity index (χ2v) is 5.24. The van der Waals surface area contributed by atoms with Crippen molar-refractivity contribution >= 4 is 11.4 Å². The van der Waals surface area contributed by atoms with Crippen LogP contribution in [0.15, 0.2) is 18.7 Å². The molecule has 1 saturated heterocycles. The van der Waals surface area contributed by atoms with E-state index in [-0.39, 0.29) is 0 Å². The van der Waals surface area contributed by atoms with Crippen molar-refractivity contribution in [2.45, 2.75) is 26.7 Å². The van der Waals surface area contributed by atoms with Gasteiger partial charge in [-0.25, -0.2) is 0 Å². The molecular weight excluding hydrogens is 236 g/mol. The van der Waals surface area contributed by atoms with Gasteiger partial charge in [-0.2, -0.15) is 0 Å². The summed E-state index contributed by atoms with van der Waals surface area (Å²) in [6, 6.07) is 4.06. The molecule has 0 radical (unpaired) electrons. The third kappa shape index (κ3) is 3.77. The highest BCUT2D eigenvalue weighted by molar-refractivity contribution is 5.58. The Morgan fingerprint density at radius 1 is 1.21 bits per heavy atom. The molecule has 1 aliphatic rings. The van der Waals surface area contributed by atoms with Crippen LogP contribution in [0.3, 0.4) is 0 Å². The molecule has 0 saturated carbocycles. The van der Waals surface area contributed by atoms with Gasteiger partial charge >= 0.3 is 0 Å². The van der Waals surface area contributed by atoms with Gasteiger partial charge in [0, 0.05) is 26.2 Å². The monoisotopic (exact) mass is 260 g/mol. The highest BCUT2D eigenvalue weighted by atomic mass is 15.3. The zero-order valence-electron chi connectivity index (χ0n) is 12.1. The molecule has 4 nitrogen and oxygen atoms in total. The Labute approximate surface area is 116 Å². The Hall–Kier alpha value is -1.42. The van der Waals surface area contributed by atoms with Gasteiger partial charge in [-0.1, -0.05) is 19.9 Å². The predicted octanol–water partition coefficient (Wildman–Crippen LogP) is 2.43. The SMILES string of the molecule is C=C(C)c1ccc(N2CCN(CCCC)CC2)nn1. The second-order valence-electron chi connectivity index (χ2n) is 5.24. The lowest BCUT2D eigenvalue weighted by Crippen LogP contribution is -2.47. The van der Waals surface area contributed by atoms with Crippen molar-refractivity contribution in [1.29, 1.82) is 0 Å². The van der Waals surface area contributed by atoms with E-state index in [1.165, 1.54) is 19.4 Å². The van der Waals surface area contributed by atoms with Crippen LogP contribution in [-0.4, -0.2) is 47.8 Å². The van der Waals surface area contributed by atoms with Crippen LogP contribution in [0.25, 0.3) is 5.57 Å². The summed E-state index contributed by atoms with van der Waals surface area (Å²) in [6.45, 7) is 13.7. The van der Waals surface area contributed by atoms with Gasteiger partial charge in [0.05, 0.1) is 5.69 Å². The van der Waals surface area contributed by atoms with Gasteiger partial charge in [-0.05, 0) is 37.6 Å². The Bertz CT molecular complexity index is 405. The van der Waals surface area contributed by atoms with E-state index in [2.05, 4.69) is 39.6 Å². The molecule has 0 amide bonds. The van der Waals surface area contributed by atoms with Crippen molar-refractivity contribution in [3.05, 3.63) is 24.4 Å². The number of anilines is 1. The van der Waals surface area contributed by atoms with Crippen LogP contribution in [-0.2, 0) is 0 Å². The fourth-order valence-corrected chi connectivity index (χ4v) is 2.30. The molecule has 0 spiro atoms. The zero-order valence-corrected chi connectivity index (χ0v) is 12.1. The van der Waals surface area contributed by atoms with Crippen LogP contribution >= 0.6 is 0 Å². The van der Waals surface area contributed by atoms with E-state index < -0.39 is 0 Å². The molecule has 0 bridgehead atoms. The van der Waals surface area contributed by atoms with Gasteiger partial charge < -0.3 is 4.90 Å². The largest absolute Gasteiger partial charge is 0.353 e. The maximum absolute atomic E-state index is 4.31. The summed E-state index contributed by atoms with van der Waals surface area (Å²) in [7, 11) is 0. The third-order valence-electron chi connectivity index (χ3n) is 3.61. The van der Waals surface area contributed by atoms with E-state index in [4.69, 9.17) is 0 Å². The highest BCUT2D eigenvalue weighted by Crippen LogP contribution is 2.15. The summed E-state index contributed by atoms with van der Waals surface area (Å²) in [5, 5.41) is 8.52. The maximum Gasteiger partial charge on any atom is 0.151 e. The molecule has 0 aromatic carbocycles. The number of allylic oxidation sites excluding steroid dienone is 1. The van der Waals surface area contributed by atoms with Gasteiger partial charge in [0.15, 0.2) is 5.82 Å². The van der Waals surface area contributed by atoms with Gasteiger partial charge in [0.25, 0.3) is 0 Å². The average molecular weight is 260 g/mol. The number of piperazine rings is 1. The van der Waals surface area contributed by atoms with Gasteiger partial charge in [-0.15, -0.1) is 10.2 Å². The molecule has 104 valence electrons. The minimum atomic E-state index is 0.880. The van der Waals surface area contributed by atoms with Gasteiger partial charge in [-0.3, -0.25) is 4.90 Å². The first-order valence-electron chi connectivity index (χ1n) is 7.17. The number of unbranched alkanes of at least 4 members (excludes halogenated alkanes) is 1. The van der Waals surface area contributed by atoms with Crippen molar-refractivity contribution in [2.24, 2.45) is 0 Å². The zero-order chi connectivity index (χ0) is 13.7. The minimum absolute atomic E-state index is 0.880. The number of nitrogens with zero attached hydrogens (tertiary/aromatic N) is 4. The molecule has 0 N–H and O–H groups in total. The van der Waals surface area contributed by atoms with Crippen molar-refractivity contribution in [1.82, 2.24) is 15.1 Å². The van der Waals surface area contributed by atoms with Crippen LogP contribution < -0.4 is 4.90 Å². The molecule has 1 fully saturated rings. The number of hydrogen-bond acceptors (Lipinski definition) is 4. The molecule has 1 aliphatic heterocycles. The van der Waals surface area contributed by atoms with Crippen LogP contribution in [0.5, 0.6) is 0 Å². The lowest BCUT2D eigenvalue weighted by molar-refractivity contribution is 0.253. The van der Waals surface area contributed by atoms with Crippen molar-refractivity contribution in [2.75, 3.05) is 37.6 Å². The topological polar surface area (TPSA) is 32.3 Å². The van der Waals surface area contributed by atoms with Crippen molar-refractivity contribution in [3.8, 4) is 0 Å². The molecule has 4 heteroatoms. The number of rotatable bonds is 5. The molecular formula is C15H24N4. The van der Waals surface area contributed by atoms with E-state index >= 15 is 0 Å². The van der Waals surface area contributed by atoms with Crippen molar-refractivity contribution in [3.63, 3.8) is 0 Å². The first-order valence-corrected chi connectivity index (χ1v) is 7.17. The standard InChI is InChI=1S/C15H24N4/c1-4-5-8-18-9-11-19(12-10-18)15-7-6-14(13(2)3)16-17-15/h6-7H,2,4-5,8-12H2,1,3H3. The lowest BCUT2D eigenvalue weighted by atomic mass is 10.2. The summed E-state index contributed by atoms with van der Waals surface area (Å²) in [6.07, 6.45) is 2.57. The van der Waals surface area contributed by atoms with E-state index in [0.29, 0.717) is 0 Å². The van der Waals surface area contributed by atoms with Crippen LogP contribution in [0.4, 0.5) is 5.82 Å². The van der Waals surface area contributed by atoms with E-state index in [1.807, 2.05) is 13.0 Å². The molecule has 0 aliphatic carbocycles. The third-order valence-corrected chi connectivity index (χ3v) is 3.61. The van der Waals surface area contributed by atoms with E-state index in [0.717, 1.165) is 43.3 Å². The minimum Gasteiger partial charge on any atom is -0.353 e. The lowest BCUT2D eigenvalue weighted by Gasteiger charge is -2.35. The van der Waals surface area contributed by atoms with E-state index in [9.17, 15) is 0 Å². The average Bonchev–Trinajstić information content (AvgIpc) is 2.46. The summed E-state index contributed by atoms with van der Waals surface area (Å²) < 4.78 is 0. The Kier molecular flexibility index (Phi) is 4.91. The molecule has 2 heterocycles. The van der Waals surface area contributed by atoms with Crippen molar-refractivity contribution < 1.29 is 0 Å². The molecule has 1 aromatic heterocycles. The predicted molar refractivity (Wildman–Crippen MR) is 80.3 cm³/mol. The van der Waals surface area contributed by atoms with Crippen LogP contribution in [0.2, 0.25) is 0 Å².